The fourth-order valence-corrected chi connectivity index (χ4v) is 10.8. The summed E-state index contributed by atoms with van der Waals surface area (Å²) in [5, 5.41) is 14.6. The minimum Gasteiger partial charge on any atom is -0.379 e. The molecule has 0 saturated carbocycles. The number of non-ortho nitro benzene ring substituents is 1. The highest BCUT2D eigenvalue weighted by Gasteiger charge is 2.42. The van der Waals surface area contributed by atoms with Gasteiger partial charge in [-0.2, -0.15) is 0 Å². The number of carbonyl (C=O) groups is 1. The highest BCUT2D eigenvalue weighted by molar-refractivity contribution is 7.75. The van der Waals surface area contributed by atoms with Crippen LogP contribution in [-0.4, -0.2) is 53.4 Å². The SMILES string of the molecule is CCn1c2ccccc2c2cc([P@@](/C=C3\N(C)c4ccccc4C3(C)C)(=NC(=O)c3ccc([N+](=O)[O-])cc3)N3CCOCC3)ccc21. The Morgan fingerprint density at radius 1 is 0.957 bits per heavy atom. The lowest BCUT2D eigenvalue weighted by Gasteiger charge is -2.39. The number of benzene rings is 4. The minimum atomic E-state index is -2.97. The van der Waals surface area contributed by atoms with Crippen LogP contribution in [0.2, 0.25) is 0 Å². The van der Waals surface area contributed by atoms with Crippen LogP contribution in [0.1, 0.15) is 36.7 Å². The summed E-state index contributed by atoms with van der Waals surface area (Å²) in [4.78, 5) is 27.5. The van der Waals surface area contributed by atoms with Gasteiger partial charge in [0.2, 0.25) is 0 Å². The number of morpholine rings is 1. The van der Waals surface area contributed by atoms with Gasteiger partial charge in [-0.3, -0.25) is 19.6 Å². The number of allylic oxidation sites excluding steroid dienone is 1. The largest absolute Gasteiger partial charge is 0.379 e. The number of rotatable bonds is 6. The molecule has 1 aromatic heterocycles. The number of nitrogens with zero attached hydrogens (tertiary/aromatic N) is 5. The number of ether oxygens (including phenoxy) is 1. The van der Waals surface area contributed by atoms with Crippen LogP contribution < -0.4 is 10.2 Å². The van der Waals surface area contributed by atoms with Crippen molar-refractivity contribution < 1.29 is 14.5 Å². The average molecular weight is 648 g/mol. The lowest BCUT2D eigenvalue weighted by Crippen LogP contribution is -2.37. The summed E-state index contributed by atoms with van der Waals surface area (Å²) in [6, 6.07) is 29.2. The third-order valence-electron chi connectivity index (χ3n) is 9.68. The third kappa shape index (κ3) is 5.10. The quantitative estimate of drug-likeness (QED) is 0.106. The maximum Gasteiger partial charge on any atom is 0.277 e. The number of nitro benzene ring substituents is 1. The fraction of sp³-hybridized carbons (Fsp3) is 0.270. The van der Waals surface area contributed by atoms with Crippen LogP contribution in [0.3, 0.4) is 0 Å². The van der Waals surface area contributed by atoms with Crippen LogP contribution in [-0.2, 0) is 16.7 Å². The molecule has 1 atom stereocenters. The van der Waals surface area contributed by atoms with Gasteiger partial charge in [0.25, 0.3) is 11.6 Å². The van der Waals surface area contributed by atoms with E-state index in [9.17, 15) is 14.9 Å². The molecule has 0 unspecified atom stereocenters. The molecule has 0 N–H and O–H groups in total. The number of nitro groups is 1. The van der Waals surface area contributed by atoms with E-state index in [0.717, 1.165) is 39.5 Å². The Morgan fingerprint density at radius 2 is 1.64 bits per heavy atom. The first kappa shape index (κ1) is 31.1. The zero-order chi connectivity index (χ0) is 32.9. The van der Waals surface area contributed by atoms with E-state index in [0.29, 0.717) is 31.9 Å². The standard InChI is InChI=1S/C37H38N5O4P/c1-5-41-32-12-8-6-10-29(32)30-24-28(18-19-33(30)41)47(40-20-22-46-23-21-40,38-36(43)26-14-16-27(17-15-26)42(44)45)25-35-37(2,3)31-11-7-9-13-34(31)39(35)4/h6-19,24-25H,5,20-23H2,1-4H3/b35-25-/t47-/m0/s1. The van der Waals surface area contributed by atoms with E-state index in [1.54, 1.807) is 0 Å². The normalized spacial score (nSPS) is 18.4. The van der Waals surface area contributed by atoms with E-state index in [1.165, 1.54) is 35.3 Å². The minimum absolute atomic E-state index is 0.0669. The molecule has 47 heavy (non-hydrogen) atoms. The molecular formula is C37H38N5O4P. The number of amides is 1. The molecule has 0 spiro atoms. The molecule has 1 saturated heterocycles. The van der Waals surface area contributed by atoms with Crippen molar-refractivity contribution in [2.45, 2.75) is 32.7 Å². The Balaban J connectivity index is 1.54. The summed E-state index contributed by atoms with van der Waals surface area (Å²) in [6.45, 7) is 9.73. The van der Waals surface area contributed by atoms with Crippen LogP contribution in [0.4, 0.5) is 11.4 Å². The summed E-state index contributed by atoms with van der Waals surface area (Å²) in [5.74, 6) is 1.88. The summed E-state index contributed by atoms with van der Waals surface area (Å²) in [5.41, 5.74) is 5.63. The van der Waals surface area contributed by atoms with Crippen LogP contribution in [0.25, 0.3) is 21.8 Å². The zero-order valence-corrected chi connectivity index (χ0v) is 28.0. The van der Waals surface area contributed by atoms with Crippen molar-refractivity contribution in [3.05, 3.63) is 124 Å². The van der Waals surface area contributed by atoms with E-state index < -0.39 is 18.0 Å². The molecular weight excluding hydrogens is 609 g/mol. The molecule has 3 heterocycles. The van der Waals surface area contributed by atoms with Gasteiger partial charge >= 0.3 is 0 Å². The van der Waals surface area contributed by atoms with Crippen molar-refractivity contribution in [3.8, 4) is 0 Å². The molecule has 7 rings (SSSR count). The molecule has 4 aromatic carbocycles. The number of aryl methyl sites for hydroxylation is 1. The van der Waals surface area contributed by atoms with E-state index in [4.69, 9.17) is 9.48 Å². The first-order chi connectivity index (χ1) is 22.7. The lowest BCUT2D eigenvalue weighted by molar-refractivity contribution is -0.384. The topological polar surface area (TPSA) is 93.2 Å². The van der Waals surface area contributed by atoms with E-state index in [2.05, 4.69) is 115 Å². The predicted molar refractivity (Wildman–Crippen MR) is 190 cm³/mol. The van der Waals surface area contributed by atoms with Crippen LogP contribution in [0.5, 0.6) is 0 Å². The van der Waals surface area contributed by atoms with Crippen LogP contribution in [0.15, 0.2) is 107 Å². The van der Waals surface area contributed by atoms with E-state index in [1.807, 2.05) is 0 Å². The van der Waals surface area contributed by atoms with Crippen molar-refractivity contribution in [2.24, 2.45) is 4.74 Å². The number of aromatic nitrogens is 1. The van der Waals surface area contributed by atoms with Gasteiger partial charge in [0.05, 0.1) is 25.3 Å². The Morgan fingerprint density at radius 3 is 2.34 bits per heavy atom. The molecule has 0 radical (unpaired) electrons. The molecule has 1 fully saturated rings. The number of hydrogen-bond acceptors (Lipinski definition) is 5. The summed E-state index contributed by atoms with van der Waals surface area (Å²) >= 11 is 0. The number of para-hydroxylation sites is 2. The Kier molecular flexibility index (Phi) is 7.87. The van der Waals surface area contributed by atoms with Crippen molar-refractivity contribution in [1.29, 1.82) is 0 Å². The van der Waals surface area contributed by atoms with Crippen molar-refractivity contribution in [3.63, 3.8) is 0 Å². The summed E-state index contributed by atoms with van der Waals surface area (Å²) < 4.78 is 15.8. The molecule has 2 aliphatic rings. The molecule has 2 aliphatic heterocycles. The van der Waals surface area contributed by atoms with Crippen LogP contribution >= 0.6 is 7.21 Å². The first-order valence-corrected chi connectivity index (χ1v) is 17.7. The number of hydrogen-bond donors (Lipinski definition) is 0. The van der Waals surface area contributed by atoms with Gasteiger partial charge in [-0.25, -0.2) is 4.74 Å². The molecule has 1 amide bonds. The Bertz CT molecular complexity index is 2130. The second kappa shape index (κ2) is 11.9. The monoisotopic (exact) mass is 647 g/mol. The molecule has 0 aliphatic carbocycles. The Hall–Kier alpha value is -4.56. The number of likely N-dealkylation sites (N-methyl/N-ethyl adjacent to an activating group) is 1. The van der Waals surface area contributed by atoms with E-state index in [-0.39, 0.29) is 11.1 Å². The maximum absolute atomic E-state index is 14.3. The summed E-state index contributed by atoms with van der Waals surface area (Å²) in [6.07, 6.45) is 0. The number of carbonyl (C=O) groups excluding carboxylic acids is 1. The molecule has 240 valence electrons. The van der Waals surface area contributed by atoms with E-state index >= 15 is 0 Å². The lowest BCUT2D eigenvalue weighted by atomic mass is 9.84. The van der Waals surface area contributed by atoms with Gasteiger partial charge < -0.3 is 14.2 Å². The first-order valence-electron chi connectivity index (χ1n) is 16.0. The van der Waals surface area contributed by atoms with Gasteiger partial charge in [0.15, 0.2) is 0 Å². The van der Waals surface area contributed by atoms with Gasteiger partial charge in [-0.15, -0.1) is 0 Å². The van der Waals surface area contributed by atoms with Gasteiger partial charge in [-0.1, -0.05) is 50.2 Å². The van der Waals surface area contributed by atoms with Gasteiger partial charge in [0.1, 0.15) is 0 Å². The fourth-order valence-electron chi connectivity index (χ4n) is 7.24. The second-order valence-corrected chi connectivity index (χ2v) is 15.4. The zero-order valence-electron chi connectivity index (χ0n) is 27.1. The molecule has 0 bridgehead atoms. The molecule has 10 heteroatoms. The van der Waals surface area contributed by atoms with Crippen molar-refractivity contribution in [1.82, 2.24) is 9.24 Å². The van der Waals surface area contributed by atoms with Crippen molar-refractivity contribution in [2.75, 3.05) is 38.3 Å². The van der Waals surface area contributed by atoms with Gasteiger partial charge in [0, 0.05) is 88.3 Å². The highest BCUT2D eigenvalue weighted by atomic mass is 31.2. The second-order valence-electron chi connectivity index (χ2n) is 12.6. The smallest absolute Gasteiger partial charge is 0.277 e. The van der Waals surface area contributed by atoms with Crippen LogP contribution in [0, 0.1) is 10.1 Å². The third-order valence-corrected chi connectivity index (χ3v) is 13.1. The predicted octanol–water partition coefficient (Wildman–Crippen LogP) is 7.91. The number of anilines is 1. The molecule has 5 aromatic rings. The maximum atomic E-state index is 14.3. The molecule has 9 nitrogen and oxygen atoms in total. The van der Waals surface area contributed by atoms with Gasteiger partial charge in [-0.05, 0) is 60.8 Å². The average Bonchev–Trinajstić information content (AvgIpc) is 3.52. The number of fused-ring (bicyclic) bond motifs is 4. The Labute approximate surface area is 274 Å². The summed E-state index contributed by atoms with van der Waals surface area (Å²) in [7, 11) is -0.884. The highest BCUT2D eigenvalue weighted by Crippen LogP contribution is 2.59. The van der Waals surface area contributed by atoms with Crippen molar-refractivity contribution >= 4 is 51.6 Å².